The molecular weight excluding hydrogens is 208 g/mol. The highest BCUT2D eigenvalue weighted by atomic mass is 14.9. The molecule has 2 unspecified atom stereocenters. The Balaban J connectivity index is 1.77. The quantitative estimate of drug-likeness (QED) is 0.861. The van der Waals surface area contributed by atoms with Gasteiger partial charge < -0.3 is 5.32 Å². The Bertz CT molecular complexity index is 349. The predicted octanol–water partition coefficient (Wildman–Crippen LogP) is 3.31. The Morgan fingerprint density at radius 2 is 2.18 bits per heavy atom. The summed E-state index contributed by atoms with van der Waals surface area (Å²) in [5.74, 6) is 1.77. The van der Waals surface area contributed by atoms with Crippen LogP contribution in [0.3, 0.4) is 0 Å². The predicted molar refractivity (Wildman–Crippen MR) is 71.8 cm³/mol. The van der Waals surface area contributed by atoms with Crippen LogP contribution in [0.5, 0.6) is 0 Å². The molecule has 0 saturated heterocycles. The van der Waals surface area contributed by atoms with E-state index in [9.17, 15) is 0 Å². The maximum atomic E-state index is 4.19. The van der Waals surface area contributed by atoms with Gasteiger partial charge in [0.1, 0.15) is 0 Å². The summed E-state index contributed by atoms with van der Waals surface area (Å²) in [7, 11) is 0. The zero-order valence-electron chi connectivity index (χ0n) is 11.1. The zero-order valence-corrected chi connectivity index (χ0v) is 11.1. The van der Waals surface area contributed by atoms with Crippen LogP contribution in [0, 0.1) is 18.8 Å². The highest BCUT2D eigenvalue weighted by Gasteiger charge is 2.20. The van der Waals surface area contributed by atoms with Crippen molar-refractivity contribution in [1.29, 1.82) is 0 Å². The van der Waals surface area contributed by atoms with E-state index in [0.29, 0.717) is 0 Å². The molecule has 0 aliphatic heterocycles. The van der Waals surface area contributed by atoms with E-state index in [2.05, 4.69) is 30.2 Å². The SMILES string of the molecule is Cc1ccncc1CNCC1CCCCC1C. The van der Waals surface area contributed by atoms with Crippen LogP contribution in [0.4, 0.5) is 0 Å². The first-order valence-electron chi connectivity index (χ1n) is 6.87. The van der Waals surface area contributed by atoms with Crippen molar-refractivity contribution < 1.29 is 0 Å². The zero-order chi connectivity index (χ0) is 12.1. The lowest BCUT2D eigenvalue weighted by Gasteiger charge is -2.29. The molecular formula is C15H24N2. The van der Waals surface area contributed by atoms with Crippen molar-refractivity contribution in [2.75, 3.05) is 6.54 Å². The Hall–Kier alpha value is -0.890. The number of aryl methyl sites for hydroxylation is 1. The lowest BCUT2D eigenvalue weighted by Crippen LogP contribution is -2.29. The van der Waals surface area contributed by atoms with Crippen LogP contribution in [0.25, 0.3) is 0 Å². The maximum Gasteiger partial charge on any atom is 0.0315 e. The molecule has 2 nitrogen and oxygen atoms in total. The Labute approximate surface area is 105 Å². The summed E-state index contributed by atoms with van der Waals surface area (Å²) < 4.78 is 0. The minimum atomic E-state index is 0.876. The van der Waals surface area contributed by atoms with Crippen molar-refractivity contribution in [2.24, 2.45) is 11.8 Å². The summed E-state index contributed by atoms with van der Waals surface area (Å²) in [6, 6.07) is 2.08. The second-order valence-corrected chi connectivity index (χ2v) is 5.45. The third-order valence-electron chi connectivity index (χ3n) is 4.16. The molecule has 1 aromatic rings. The van der Waals surface area contributed by atoms with E-state index in [1.54, 1.807) is 0 Å². The summed E-state index contributed by atoms with van der Waals surface area (Å²) in [4.78, 5) is 4.19. The van der Waals surface area contributed by atoms with Gasteiger partial charge in [-0.1, -0.05) is 26.2 Å². The number of rotatable bonds is 4. The number of nitrogens with one attached hydrogen (secondary N) is 1. The number of aromatic nitrogens is 1. The van der Waals surface area contributed by atoms with Crippen LogP contribution in [-0.2, 0) is 6.54 Å². The van der Waals surface area contributed by atoms with Gasteiger partial charge in [-0.2, -0.15) is 0 Å². The number of hydrogen-bond donors (Lipinski definition) is 1. The Morgan fingerprint density at radius 1 is 1.35 bits per heavy atom. The van der Waals surface area contributed by atoms with Gasteiger partial charge in [-0.15, -0.1) is 0 Å². The molecule has 2 atom stereocenters. The third-order valence-corrected chi connectivity index (χ3v) is 4.16. The minimum Gasteiger partial charge on any atom is -0.312 e. The third kappa shape index (κ3) is 3.53. The van der Waals surface area contributed by atoms with Gasteiger partial charge in [0.05, 0.1) is 0 Å². The normalized spacial score (nSPS) is 24.8. The van der Waals surface area contributed by atoms with E-state index in [4.69, 9.17) is 0 Å². The van der Waals surface area contributed by atoms with Crippen molar-refractivity contribution in [3.63, 3.8) is 0 Å². The van der Waals surface area contributed by atoms with Gasteiger partial charge in [-0.3, -0.25) is 4.98 Å². The molecule has 0 radical (unpaired) electrons. The van der Waals surface area contributed by atoms with Gasteiger partial charge in [-0.25, -0.2) is 0 Å². The van der Waals surface area contributed by atoms with E-state index in [1.807, 2.05) is 12.4 Å². The van der Waals surface area contributed by atoms with Crippen LogP contribution in [0.2, 0.25) is 0 Å². The van der Waals surface area contributed by atoms with Crippen LogP contribution >= 0.6 is 0 Å². The second-order valence-electron chi connectivity index (χ2n) is 5.45. The first-order chi connectivity index (χ1) is 8.27. The molecule has 1 aliphatic carbocycles. The molecule has 1 aromatic heterocycles. The molecule has 1 N–H and O–H groups in total. The van der Waals surface area contributed by atoms with Gasteiger partial charge in [0.2, 0.25) is 0 Å². The van der Waals surface area contributed by atoms with E-state index in [1.165, 1.54) is 36.8 Å². The van der Waals surface area contributed by atoms with Crippen molar-refractivity contribution in [3.8, 4) is 0 Å². The molecule has 1 fully saturated rings. The number of pyridine rings is 1. The van der Waals surface area contributed by atoms with Crippen LogP contribution < -0.4 is 5.32 Å². The number of hydrogen-bond acceptors (Lipinski definition) is 2. The molecule has 0 amide bonds. The molecule has 1 aliphatic rings. The summed E-state index contributed by atoms with van der Waals surface area (Å²) in [6.45, 7) is 6.68. The largest absolute Gasteiger partial charge is 0.312 e. The van der Waals surface area contributed by atoms with Gasteiger partial charge in [0.15, 0.2) is 0 Å². The number of nitrogens with zero attached hydrogens (tertiary/aromatic N) is 1. The maximum absolute atomic E-state index is 4.19. The fraction of sp³-hybridized carbons (Fsp3) is 0.667. The monoisotopic (exact) mass is 232 g/mol. The highest BCUT2D eigenvalue weighted by Crippen LogP contribution is 2.28. The first-order valence-corrected chi connectivity index (χ1v) is 6.87. The molecule has 17 heavy (non-hydrogen) atoms. The second kappa shape index (κ2) is 6.15. The van der Waals surface area contributed by atoms with Crippen molar-refractivity contribution >= 4 is 0 Å². The summed E-state index contributed by atoms with van der Waals surface area (Å²) >= 11 is 0. The molecule has 0 aromatic carbocycles. The van der Waals surface area contributed by atoms with Gasteiger partial charge in [0, 0.05) is 18.9 Å². The van der Waals surface area contributed by atoms with E-state index in [-0.39, 0.29) is 0 Å². The van der Waals surface area contributed by atoms with E-state index in [0.717, 1.165) is 24.9 Å². The van der Waals surface area contributed by atoms with Crippen LogP contribution in [0.15, 0.2) is 18.5 Å². The fourth-order valence-corrected chi connectivity index (χ4v) is 2.77. The summed E-state index contributed by atoms with van der Waals surface area (Å²) in [6.07, 6.45) is 9.51. The smallest absolute Gasteiger partial charge is 0.0315 e. The summed E-state index contributed by atoms with van der Waals surface area (Å²) in [5.41, 5.74) is 2.67. The Kier molecular flexibility index (Phi) is 4.55. The van der Waals surface area contributed by atoms with Gasteiger partial charge >= 0.3 is 0 Å². The van der Waals surface area contributed by atoms with Crippen molar-refractivity contribution in [2.45, 2.75) is 46.1 Å². The molecule has 94 valence electrons. The minimum absolute atomic E-state index is 0.876. The van der Waals surface area contributed by atoms with Crippen molar-refractivity contribution in [3.05, 3.63) is 29.6 Å². The average Bonchev–Trinajstić information content (AvgIpc) is 2.34. The summed E-state index contributed by atoms with van der Waals surface area (Å²) in [5, 5.41) is 3.60. The molecule has 1 heterocycles. The average molecular weight is 232 g/mol. The fourth-order valence-electron chi connectivity index (χ4n) is 2.77. The molecule has 0 spiro atoms. The van der Waals surface area contributed by atoms with Crippen LogP contribution in [-0.4, -0.2) is 11.5 Å². The molecule has 1 saturated carbocycles. The topological polar surface area (TPSA) is 24.9 Å². The first kappa shape index (κ1) is 12.6. The Morgan fingerprint density at radius 3 is 2.94 bits per heavy atom. The highest BCUT2D eigenvalue weighted by molar-refractivity contribution is 5.20. The molecule has 2 heteroatoms. The molecule has 2 rings (SSSR count). The van der Waals surface area contributed by atoms with Crippen molar-refractivity contribution in [1.82, 2.24) is 10.3 Å². The standard InChI is InChI=1S/C15H24N2/c1-12-5-3-4-6-14(12)9-17-11-15-10-16-8-7-13(15)2/h7-8,10,12,14,17H,3-6,9,11H2,1-2H3. The van der Waals surface area contributed by atoms with E-state index < -0.39 is 0 Å². The van der Waals surface area contributed by atoms with Crippen LogP contribution in [0.1, 0.15) is 43.7 Å². The van der Waals surface area contributed by atoms with E-state index >= 15 is 0 Å². The molecule has 0 bridgehead atoms. The lowest BCUT2D eigenvalue weighted by molar-refractivity contribution is 0.247. The lowest BCUT2D eigenvalue weighted by atomic mass is 9.80. The van der Waals surface area contributed by atoms with Gasteiger partial charge in [0.25, 0.3) is 0 Å². The van der Waals surface area contributed by atoms with Gasteiger partial charge in [-0.05, 0) is 48.9 Å².